The van der Waals surface area contributed by atoms with Crippen LogP contribution in [0, 0.1) is 6.57 Å². The smallest absolute Gasteiger partial charge is 0.435 e. The molecule has 4 rings (SSSR count). The van der Waals surface area contributed by atoms with Crippen LogP contribution in [-0.4, -0.2) is 31.8 Å². The van der Waals surface area contributed by atoms with Crippen molar-refractivity contribution >= 4 is 22.9 Å². The quantitative estimate of drug-likeness (QED) is 0.630. The predicted molar refractivity (Wildman–Crippen MR) is 110 cm³/mol. The van der Waals surface area contributed by atoms with Gasteiger partial charge in [0.05, 0.1) is 12.5 Å². The van der Waals surface area contributed by atoms with Crippen molar-refractivity contribution in [1.29, 1.82) is 0 Å². The number of carbonyl (C=O) groups excluding carboxylic acids is 1. The van der Waals surface area contributed by atoms with Crippen LogP contribution in [0.1, 0.15) is 57.6 Å². The van der Waals surface area contributed by atoms with Gasteiger partial charge in [-0.25, -0.2) is 14.3 Å². The number of carbonyl (C=O) groups is 1. The molecule has 0 aliphatic carbocycles. The lowest BCUT2D eigenvalue weighted by Gasteiger charge is -2.25. The summed E-state index contributed by atoms with van der Waals surface area (Å²) in [6.45, 7) is 15.3. The zero-order valence-electron chi connectivity index (χ0n) is 17.3. The molecule has 0 bridgehead atoms. The number of allylic oxidation sites excluding steroid dienone is 2. The zero-order chi connectivity index (χ0) is 21.5. The third-order valence-electron chi connectivity index (χ3n) is 4.73. The van der Waals surface area contributed by atoms with Crippen LogP contribution >= 0.6 is 0 Å². The van der Waals surface area contributed by atoms with E-state index >= 15 is 0 Å². The van der Waals surface area contributed by atoms with Crippen molar-refractivity contribution in [3.8, 4) is 0 Å². The number of hydrogen-bond acceptors (Lipinski definition) is 7. The molecule has 0 fully saturated rings. The maximum absolute atomic E-state index is 12.6. The molecule has 0 radical (unpaired) electrons. The molecule has 3 heterocycles. The van der Waals surface area contributed by atoms with Crippen molar-refractivity contribution in [2.75, 3.05) is 5.32 Å². The van der Waals surface area contributed by atoms with Gasteiger partial charge in [-0.1, -0.05) is 25.5 Å². The van der Waals surface area contributed by atoms with Crippen LogP contribution < -0.4 is 5.32 Å². The van der Waals surface area contributed by atoms with E-state index in [1.54, 1.807) is 33.0 Å². The molecule has 1 aliphatic rings. The van der Waals surface area contributed by atoms with Crippen molar-refractivity contribution in [3.05, 3.63) is 58.3 Å². The lowest BCUT2D eigenvalue weighted by Crippen LogP contribution is -2.27. The minimum atomic E-state index is -0.651. The molecule has 9 nitrogen and oxygen atoms in total. The van der Waals surface area contributed by atoms with Gasteiger partial charge in [0.15, 0.2) is 11.5 Å². The number of hydrogen-bond donors (Lipinski definition) is 1. The van der Waals surface area contributed by atoms with E-state index in [1.807, 2.05) is 19.1 Å². The van der Waals surface area contributed by atoms with Gasteiger partial charge in [-0.05, 0) is 49.1 Å². The number of aromatic nitrogens is 4. The fourth-order valence-corrected chi connectivity index (χ4v) is 3.57. The number of nitrogens with one attached hydrogen (secondary N) is 1. The summed E-state index contributed by atoms with van der Waals surface area (Å²) >= 11 is 0. The SMILES string of the molecule is [C-]#[N+]C1=C(CCC)Nc2nn(C(=O)OC(C)(C)C)cc2C1c1cccc2nonc12. The maximum atomic E-state index is 12.6. The van der Waals surface area contributed by atoms with Crippen LogP contribution in [0.4, 0.5) is 10.6 Å². The largest absolute Gasteiger partial charge is 0.442 e. The van der Waals surface area contributed by atoms with E-state index < -0.39 is 17.6 Å². The fourth-order valence-electron chi connectivity index (χ4n) is 3.57. The van der Waals surface area contributed by atoms with Gasteiger partial charge in [-0.3, -0.25) is 0 Å². The molecule has 30 heavy (non-hydrogen) atoms. The van der Waals surface area contributed by atoms with Gasteiger partial charge in [-0.2, -0.15) is 4.68 Å². The summed E-state index contributed by atoms with van der Waals surface area (Å²) in [6.07, 6.45) is 2.56. The summed E-state index contributed by atoms with van der Waals surface area (Å²) in [6, 6.07) is 5.55. The Morgan fingerprint density at radius 1 is 1.33 bits per heavy atom. The molecule has 154 valence electrons. The van der Waals surface area contributed by atoms with Gasteiger partial charge >= 0.3 is 6.09 Å². The zero-order valence-corrected chi connectivity index (χ0v) is 17.3. The van der Waals surface area contributed by atoms with Crippen LogP contribution in [0.3, 0.4) is 0 Å². The van der Waals surface area contributed by atoms with E-state index in [9.17, 15) is 4.79 Å². The normalized spacial score (nSPS) is 16.2. The Bertz CT molecular complexity index is 1190. The first kappa shape index (κ1) is 19.6. The summed E-state index contributed by atoms with van der Waals surface area (Å²) < 4.78 is 11.5. The molecule has 0 amide bonds. The fraction of sp³-hybridized carbons (Fsp3) is 0.381. The Kier molecular flexibility index (Phi) is 4.78. The van der Waals surface area contributed by atoms with E-state index in [2.05, 4.69) is 25.6 Å². The lowest BCUT2D eigenvalue weighted by atomic mass is 9.85. The number of ether oxygens (including phenoxy) is 1. The van der Waals surface area contributed by atoms with E-state index in [0.717, 1.165) is 17.7 Å². The standard InChI is InChI=1S/C21H22N6O3/c1-6-8-14-18(22-5)16(12-9-7-10-15-17(12)26-30-25-15)13-11-27(24-19(13)23-14)20(28)29-21(2,3)4/h7,9-11,16H,6,8H2,1-4H3,(H,23,24). The molecular weight excluding hydrogens is 384 g/mol. The van der Waals surface area contributed by atoms with E-state index in [4.69, 9.17) is 15.9 Å². The van der Waals surface area contributed by atoms with Crippen molar-refractivity contribution in [2.24, 2.45) is 0 Å². The minimum absolute atomic E-state index is 0.452. The molecule has 2 aromatic heterocycles. The van der Waals surface area contributed by atoms with Crippen LogP contribution in [0.15, 0.2) is 40.4 Å². The van der Waals surface area contributed by atoms with Crippen LogP contribution in [0.2, 0.25) is 0 Å². The highest BCUT2D eigenvalue weighted by atomic mass is 16.6. The molecule has 0 saturated heterocycles. The molecule has 1 aliphatic heterocycles. The van der Waals surface area contributed by atoms with Gasteiger partial charge in [0, 0.05) is 17.5 Å². The Hall–Kier alpha value is -3.67. The summed E-state index contributed by atoms with van der Waals surface area (Å²) in [5.41, 5.74) is 3.34. The monoisotopic (exact) mass is 406 g/mol. The third kappa shape index (κ3) is 3.41. The van der Waals surface area contributed by atoms with Gasteiger partial charge in [-0.15, -0.1) is 5.10 Å². The van der Waals surface area contributed by atoms with E-state index in [1.165, 1.54) is 4.68 Å². The molecule has 9 heteroatoms. The number of nitrogens with zero attached hydrogens (tertiary/aromatic N) is 5. The average molecular weight is 406 g/mol. The number of benzene rings is 1. The molecule has 0 spiro atoms. The predicted octanol–water partition coefficient (Wildman–Crippen LogP) is 4.69. The van der Waals surface area contributed by atoms with E-state index in [0.29, 0.717) is 34.5 Å². The van der Waals surface area contributed by atoms with Crippen molar-refractivity contribution in [2.45, 2.75) is 52.1 Å². The maximum Gasteiger partial charge on any atom is 0.435 e. The first-order chi connectivity index (χ1) is 14.3. The summed E-state index contributed by atoms with van der Waals surface area (Å²) in [4.78, 5) is 16.4. The van der Waals surface area contributed by atoms with E-state index in [-0.39, 0.29) is 0 Å². The average Bonchev–Trinajstić information content (AvgIpc) is 3.32. The second-order valence-electron chi connectivity index (χ2n) is 8.12. The van der Waals surface area contributed by atoms with Gasteiger partial charge in [0.25, 0.3) is 0 Å². The molecule has 1 unspecified atom stereocenters. The minimum Gasteiger partial charge on any atom is -0.442 e. The molecule has 3 aromatic rings. The van der Waals surface area contributed by atoms with Gasteiger partial charge < -0.3 is 10.1 Å². The second kappa shape index (κ2) is 7.30. The number of anilines is 1. The number of rotatable bonds is 3. The van der Waals surface area contributed by atoms with Crippen molar-refractivity contribution < 1.29 is 14.2 Å². The van der Waals surface area contributed by atoms with Crippen LogP contribution in [0.5, 0.6) is 0 Å². The molecule has 1 atom stereocenters. The summed E-state index contributed by atoms with van der Waals surface area (Å²) in [7, 11) is 0. The topological polar surface area (TPSA) is 99.4 Å². The summed E-state index contributed by atoms with van der Waals surface area (Å²) in [5.74, 6) is 0.0715. The van der Waals surface area contributed by atoms with Crippen molar-refractivity contribution in [3.63, 3.8) is 0 Å². The highest BCUT2D eigenvalue weighted by Gasteiger charge is 2.35. The highest BCUT2D eigenvalue weighted by molar-refractivity contribution is 5.81. The van der Waals surface area contributed by atoms with Crippen LogP contribution in [0.25, 0.3) is 15.9 Å². The highest BCUT2D eigenvalue weighted by Crippen LogP contribution is 2.44. The lowest BCUT2D eigenvalue weighted by molar-refractivity contribution is 0.0515. The van der Waals surface area contributed by atoms with Gasteiger partial charge in [0.2, 0.25) is 0 Å². The van der Waals surface area contributed by atoms with Crippen molar-refractivity contribution in [1.82, 2.24) is 20.1 Å². The third-order valence-corrected chi connectivity index (χ3v) is 4.73. The molecule has 0 saturated carbocycles. The Balaban J connectivity index is 1.88. The van der Waals surface area contributed by atoms with Gasteiger partial charge in [0.1, 0.15) is 16.6 Å². The van der Waals surface area contributed by atoms with Crippen LogP contribution in [-0.2, 0) is 4.74 Å². The molecule has 1 N–H and O–H groups in total. The number of fused-ring (bicyclic) bond motifs is 2. The Morgan fingerprint density at radius 3 is 2.83 bits per heavy atom. The first-order valence-electron chi connectivity index (χ1n) is 9.74. The second-order valence-corrected chi connectivity index (χ2v) is 8.12. The Morgan fingerprint density at radius 2 is 2.13 bits per heavy atom. The molecule has 1 aromatic carbocycles. The Labute approximate surface area is 173 Å². The molecular formula is C21H22N6O3. The first-order valence-corrected chi connectivity index (χ1v) is 9.74. The summed E-state index contributed by atoms with van der Waals surface area (Å²) in [5, 5.41) is 15.6.